The lowest BCUT2D eigenvalue weighted by Gasteiger charge is -2.26. The number of rotatable bonds is 6. The summed E-state index contributed by atoms with van der Waals surface area (Å²) >= 11 is 0. The van der Waals surface area contributed by atoms with Crippen LogP contribution >= 0.6 is 0 Å². The molecule has 1 aromatic carbocycles. The molecule has 26 heavy (non-hydrogen) atoms. The van der Waals surface area contributed by atoms with Gasteiger partial charge in [0.15, 0.2) is 0 Å². The molecule has 0 saturated carbocycles. The van der Waals surface area contributed by atoms with Crippen molar-refractivity contribution in [2.24, 2.45) is 0 Å². The highest BCUT2D eigenvalue weighted by atomic mass is 16.5. The monoisotopic (exact) mass is 357 g/mol. The van der Waals surface area contributed by atoms with Crippen molar-refractivity contribution >= 4 is 0 Å². The minimum atomic E-state index is 0.756. The summed E-state index contributed by atoms with van der Waals surface area (Å²) < 4.78 is 6.06. The van der Waals surface area contributed by atoms with Crippen LogP contribution in [-0.2, 0) is 6.54 Å². The van der Waals surface area contributed by atoms with E-state index < -0.39 is 0 Å². The summed E-state index contributed by atoms with van der Waals surface area (Å²) in [6.45, 7) is 7.86. The number of likely N-dealkylation sites (N-methyl/N-ethyl adjacent to an activating group) is 1. The van der Waals surface area contributed by atoms with Crippen molar-refractivity contribution in [2.45, 2.75) is 57.2 Å². The van der Waals surface area contributed by atoms with Crippen molar-refractivity contribution < 1.29 is 4.74 Å². The molecule has 144 valence electrons. The van der Waals surface area contributed by atoms with Crippen molar-refractivity contribution in [1.82, 2.24) is 14.7 Å². The summed E-state index contributed by atoms with van der Waals surface area (Å²) in [6, 6.07) is 10.3. The summed E-state index contributed by atoms with van der Waals surface area (Å²) in [5, 5.41) is 0. The number of likely N-dealkylation sites (tertiary alicyclic amines) is 2. The van der Waals surface area contributed by atoms with Gasteiger partial charge < -0.3 is 4.74 Å². The molecule has 3 heterocycles. The minimum absolute atomic E-state index is 0.756. The standard InChI is InChI=1S/C22H35N3O/c1-23-20-8-9-21(23)18-25(13-10-20)17-19-6-5-7-22(16-19)26-15-14-24-11-3-2-4-12-24/h5-7,16,20-21H,2-4,8-15,17-18H2,1H3/t20-,21+/m1/s1. The second-order valence-electron chi connectivity index (χ2n) is 8.47. The van der Waals surface area contributed by atoms with Crippen LogP contribution in [0.3, 0.4) is 0 Å². The number of fused-ring (bicyclic) bond motifs is 2. The van der Waals surface area contributed by atoms with Crippen LogP contribution in [0.1, 0.15) is 44.1 Å². The first-order valence-electron chi connectivity index (χ1n) is 10.7. The van der Waals surface area contributed by atoms with Gasteiger partial charge in [-0.1, -0.05) is 18.6 Å². The number of hydrogen-bond donors (Lipinski definition) is 0. The summed E-state index contributed by atoms with van der Waals surface area (Å²) in [5.41, 5.74) is 1.39. The Labute approximate surface area is 159 Å². The highest BCUT2D eigenvalue weighted by Gasteiger charge is 2.34. The zero-order valence-corrected chi connectivity index (χ0v) is 16.4. The van der Waals surface area contributed by atoms with Crippen LogP contribution in [0, 0.1) is 0 Å². The van der Waals surface area contributed by atoms with Gasteiger partial charge in [0, 0.05) is 38.3 Å². The zero-order chi connectivity index (χ0) is 17.8. The number of piperidine rings is 1. The minimum Gasteiger partial charge on any atom is -0.492 e. The number of ether oxygens (including phenoxy) is 1. The number of hydrogen-bond acceptors (Lipinski definition) is 4. The van der Waals surface area contributed by atoms with Crippen molar-refractivity contribution in [2.75, 3.05) is 46.4 Å². The van der Waals surface area contributed by atoms with Gasteiger partial charge in [0.25, 0.3) is 0 Å². The van der Waals surface area contributed by atoms with Crippen molar-refractivity contribution in [3.05, 3.63) is 29.8 Å². The molecular formula is C22H35N3O. The van der Waals surface area contributed by atoms with Gasteiger partial charge >= 0.3 is 0 Å². The van der Waals surface area contributed by atoms with Gasteiger partial charge in [-0.05, 0) is 69.9 Å². The maximum absolute atomic E-state index is 6.06. The van der Waals surface area contributed by atoms with Gasteiger partial charge in [-0.15, -0.1) is 0 Å². The number of benzene rings is 1. The third-order valence-corrected chi connectivity index (χ3v) is 6.66. The maximum atomic E-state index is 6.06. The molecule has 0 amide bonds. The van der Waals surface area contributed by atoms with E-state index in [0.29, 0.717) is 0 Å². The van der Waals surface area contributed by atoms with E-state index in [9.17, 15) is 0 Å². The first-order valence-corrected chi connectivity index (χ1v) is 10.7. The second-order valence-corrected chi connectivity index (χ2v) is 8.47. The lowest BCUT2D eigenvalue weighted by molar-refractivity contribution is 0.183. The summed E-state index contributed by atoms with van der Waals surface area (Å²) in [7, 11) is 2.32. The third-order valence-electron chi connectivity index (χ3n) is 6.66. The lowest BCUT2D eigenvalue weighted by Crippen LogP contribution is -2.36. The molecule has 4 nitrogen and oxygen atoms in total. The Morgan fingerprint density at radius 1 is 0.962 bits per heavy atom. The van der Waals surface area contributed by atoms with Crippen LogP contribution in [0.4, 0.5) is 0 Å². The van der Waals surface area contributed by atoms with Crippen molar-refractivity contribution in [3.63, 3.8) is 0 Å². The highest BCUT2D eigenvalue weighted by molar-refractivity contribution is 5.28. The topological polar surface area (TPSA) is 19.0 Å². The van der Waals surface area contributed by atoms with E-state index in [2.05, 4.69) is 46.0 Å². The molecule has 0 N–H and O–H groups in total. The first-order chi connectivity index (χ1) is 12.8. The van der Waals surface area contributed by atoms with Gasteiger partial charge in [0.2, 0.25) is 0 Å². The smallest absolute Gasteiger partial charge is 0.119 e. The summed E-state index contributed by atoms with van der Waals surface area (Å²) in [4.78, 5) is 7.81. The Morgan fingerprint density at radius 3 is 2.69 bits per heavy atom. The first kappa shape index (κ1) is 18.3. The van der Waals surface area contributed by atoms with Gasteiger partial charge in [0.05, 0.1) is 0 Å². The van der Waals surface area contributed by atoms with Crippen molar-refractivity contribution in [1.29, 1.82) is 0 Å². The molecule has 4 rings (SSSR count). The lowest BCUT2D eigenvalue weighted by atomic mass is 10.1. The predicted molar refractivity (Wildman–Crippen MR) is 107 cm³/mol. The Hall–Kier alpha value is -1.10. The normalized spacial score (nSPS) is 28.2. The molecule has 0 spiro atoms. The molecule has 3 aliphatic heterocycles. The van der Waals surface area contributed by atoms with Gasteiger partial charge in [-0.3, -0.25) is 14.7 Å². The van der Waals surface area contributed by atoms with Crippen LogP contribution in [0.25, 0.3) is 0 Å². The molecule has 3 aliphatic rings. The van der Waals surface area contributed by atoms with Gasteiger partial charge in [0.1, 0.15) is 12.4 Å². The average molecular weight is 358 g/mol. The molecule has 4 heteroatoms. The van der Waals surface area contributed by atoms with E-state index in [0.717, 1.165) is 37.5 Å². The Balaban J connectivity index is 1.27. The molecule has 1 aromatic rings. The molecule has 3 fully saturated rings. The van der Waals surface area contributed by atoms with E-state index in [-0.39, 0.29) is 0 Å². The second kappa shape index (κ2) is 8.73. The molecule has 0 aliphatic carbocycles. The van der Waals surface area contributed by atoms with Crippen LogP contribution in [0.5, 0.6) is 5.75 Å². The molecule has 3 saturated heterocycles. The number of nitrogens with zero attached hydrogens (tertiary/aromatic N) is 3. The third kappa shape index (κ3) is 4.59. The quantitative estimate of drug-likeness (QED) is 0.778. The molecule has 2 bridgehead atoms. The van der Waals surface area contributed by atoms with E-state index >= 15 is 0 Å². The van der Waals surface area contributed by atoms with E-state index in [1.54, 1.807) is 0 Å². The Morgan fingerprint density at radius 2 is 1.81 bits per heavy atom. The highest BCUT2D eigenvalue weighted by Crippen LogP contribution is 2.29. The van der Waals surface area contributed by atoms with Gasteiger partial charge in [-0.2, -0.15) is 0 Å². The summed E-state index contributed by atoms with van der Waals surface area (Å²) in [6.07, 6.45) is 8.18. The molecule has 0 aromatic heterocycles. The largest absolute Gasteiger partial charge is 0.492 e. The Bertz CT molecular complexity index is 572. The molecule has 0 radical (unpaired) electrons. The predicted octanol–water partition coefficient (Wildman–Crippen LogP) is 3.22. The SMILES string of the molecule is CN1[C@@H]2CC[C@H]1CN(Cc1cccc(OCCN3CCCCC3)c1)CC2. The van der Waals surface area contributed by atoms with Crippen molar-refractivity contribution in [3.8, 4) is 5.75 Å². The van der Waals surface area contributed by atoms with E-state index in [1.165, 1.54) is 70.3 Å². The fourth-order valence-corrected chi connectivity index (χ4v) is 4.99. The molecule has 0 unspecified atom stereocenters. The van der Waals surface area contributed by atoms with E-state index in [4.69, 9.17) is 4.74 Å². The Kier molecular flexibility index (Phi) is 6.13. The fourth-order valence-electron chi connectivity index (χ4n) is 4.99. The molecule has 2 atom stereocenters. The maximum Gasteiger partial charge on any atom is 0.119 e. The van der Waals surface area contributed by atoms with Crippen LogP contribution in [0.15, 0.2) is 24.3 Å². The van der Waals surface area contributed by atoms with E-state index in [1.807, 2.05) is 0 Å². The summed E-state index contributed by atoms with van der Waals surface area (Å²) in [5.74, 6) is 1.04. The van der Waals surface area contributed by atoms with Crippen LogP contribution in [0.2, 0.25) is 0 Å². The fraction of sp³-hybridized carbons (Fsp3) is 0.727. The van der Waals surface area contributed by atoms with Crippen LogP contribution in [-0.4, -0.2) is 73.2 Å². The zero-order valence-electron chi connectivity index (χ0n) is 16.4. The molecular weight excluding hydrogens is 322 g/mol. The van der Waals surface area contributed by atoms with Gasteiger partial charge in [-0.25, -0.2) is 0 Å². The average Bonchev–Trinajstić information content (AvgIpc) is 2.91. The van der Waals surface area contributed by atoms with Crippen LogP contribution < -0.4 is 4.74 Å².